The molecule has 106 valence electrons. The number of carbonyl (C=O) groups excluding carboxylic acids is 1. The largest absolute Gasteiger partial charge is 0.388 e. The maximum atomic E-state index is 12.0. The number of aliphatic hydroxyl groups is 1. The lowest BCUT2D eigenvalue weighted by Crippen LogP contribution is -2.29. The lowest BCUT2D eigenvalue weighted by molar-refractivity contribution is -0.125. The second kappa shape index (κ2) is 10.1. The maximum absolute atomic E-state index is 12.0. The van der Waals surface area contributed by atoms with Gasteiger partial charge in [0, 0.05) is 19.7 Å². The Morgan fingerprint density at radius 1 is 1.17 bits per heavy atom. The van der Waals surface area contributed by atoms with E-state index in [9.17, 15) is 9.90 Å². The first-order chi connectivity index (χ1) is 8.54. The number of aliphatic hydroxyl groups excluding tert-OH is 1. The third kappa shape index (κ3) is 6.80. The molecule has 0 aliphatic rings. The van der Waals surface area contributed by atoms with Crippen LogP contribution in [0, 0.1) is 0 Å². The molecule has 1 amide bonds. The maximum Gasteiger partial charge on any atom is 0.251 e. The highest BCUT2D eigenvalue weighted by molar-refractivity contribution is 5.94. The summed E-state index contributed by atoms with van der Waals surface area (Å²) in [4.78, 5) is 13.5. The average molecular weight is 255 g/mol. The van der Waals surface area contributed by atoms with E-state index >= 15 is 0 Å². The fourth-order valence-electron chi connectivity index (χ4n) is 1.88. The van der Waals surface area contributed by atoms with Crippen molar-refractivity contribution in [2.75, 3.05) is 14.1 Å². The Kier molecular flexibility index (Phi) is 9.66. The van der Waals surface area contributed by atoms with Crippen LogP contribution in [0.15, 0.2) is 11.6 Å². The van der Waals surface area contributed by atoms with E-state index in [-0.39, 0.29) is 5.91 Å². The fourth-order valence-corrected chi connectivity index (χ4v) is 1.88. The van der Waals surface area contributed by atoms with Crippen molar-refractivity contribution in [2.24, 2.45) is 0 Å². The van der Waals surface area contributed by atoms with E-state index in [0.717, 1.165) is 19.3 Å². The Morgan fingerprint density at radius 3 is 2.33 bits per heavy atom. The molecule has 0 aromatic heterocycles. The number of hydrogen-bond donors (Lipinski definition) is 1. The molecular weight excluding hydrogens is 226 g/mol. The van der Waals surface area contributed by atoms with Gasteiger partial charge in [-0.05, 0) is 19.3 Å². The number of nitrogens with zero attached hydrogens (tertiary/aromatic N) is 1. The smallest absolute Gasteiger partial charge is 0.251 e. The normalized spacial score (nSPS) is 13.5. The van der Waals surface area contributed by atoms with Crippen LogP contribution in [0.25, 0.3) is 0 Å². The molecule has 0 spiro atoms. The molecule has 0 saturated carbocycles. The first-order valence-corrected chi connectivity index (χ1v) is 7.14. The van der Waals surface area contributed by atoms with Crippen molar-refractivity contribution < 1.29 is 9.90 Å². The fraction of sp³-hybridized carbons (Fsp3) is 0.800. The molecule has 0 aliphatic heterocycles. The van der Waals surface area contributed by atoms with Gasteiger partial charge in [0.1, 0.15) is 0 Å². The summed E-state index contributed by atoms with van der Waals surface area (Å²) >= 11 is 0. The van der Waals surface area contributed by atoms with E-state index in [1.807, 2.05) is 13.0 Å². The molecule has 0 aliphatic carbocycles. The second-order valence-electron chi connectivity index (χ2n) is 5.01. The zero-order valence-electron chi connectivity index (χ0n) is 12.4. The van der Waals surface area contributed by atoms with E-state index in [4.69, 9.17) is 0 Å². The Bertz CT molecular complexity index is 259. The predicted octanol–water partition coefficient (Wildman–Crippen LogP) is 3.13. The molecule has 0 bridgehead atoms. The molecule has 0 aromatic rings. The van der Waals surface area contributed by atoms with Gasteiger partial charge < -0.3 is 10.0 Å². The Morgan fingerprint density at radius 2 is 1.83 bits per heavy atom. The topological polar surface area (TPSA) is 40.5 Å². The lowest BCUT2D eigenvalue weighted by Gasteiger charge is -2.18. The van der Waals surface area contributed by atoms with Crippen molar-refractivity contribution >= 4 is 5.91 Å². The van der Waals surface area contributed by atoms with Crippen LogP contribution in [0.3, 0.4) is 0 Å². The zero-order chi connectivity index (χ0) is 14.0. The van der Waals surface area contributed by atoms with E-state index in [1.54, 1.807) is 14.1 Å². The third-order valence-electron chi connectivity index (χ3n) is 3.00. The number of carbonyl (C=O) groups is 1. The van der Waals surface area contributed by atoms with Gasteiger partial charge in [0.2, 0.25) is 0 Å². The standard InChI is InChI=1S/C15H29NO2/c1-5-7-8-9-10-12-13(14(17)11-6-2)15(18)16(3)4/h12,14,17H,5-11H2,1-4H3/b13-12-. The summed E-state index contributed by atoms with van der Waals surface area (Å²) in [6.07, 6.45) is 8.48. The Balaban J connectivity index is 4.45. The molecule has 0 saturated heterocycles. The Hall–Kier alpha value is -0.830. The van der Waals surface area contributed by atoms with E-state index < -0.39 is 6.10 Å². The van der Waals surface area contributed by atoms with Crippen LogP contribution in [0.2, 0.25) is 0 Å². The molecule has 3 heteroatoms. The molecule has 1 N–H and O–H groups in total. The third-order valence-corrected chi connectivity index (χ3v) is 3.00. The highest BCUT2D eigenvalue weighted by atomic mass is 16.3. The van der Waals surface area contributed by atoms with Crippen molar-refractivity contribution in [2.45, 2.75) is 64.9 Å². The number of allylic oxidation sites excluding steroid dienone is 1. The van der Waals surface area contributed by atoms with Gasteiger partial charge in [-0.1, -0.05) is 45.6 Å². The van der Waals surface area contributed by atoms with Crippen LogP contribution in [-0.2, 0) is 4.79 Å². The summed E-state index contributed by atoms with van der Waals surface area (Å²) in [6.45, 7) is 4.20. The van der Waals surface area contributed by atoms with Gasteiger partial charge in [-0.15, -0.1) is 0 Å². The lowest BCUT2D eigenvalue weighted by atomic mass is 10.0. The van der Waals surface area contributed by atoms with Crippen LogP contribution in [0.5, 0.6) is 0 Å². The monoisotopic (exact) mass is 255 g/mol. The SMILES string of the molecule is CCCCCC/C=C(\C(=O)N(C)C)C(O)CCC. The number of unbranched alkanes of at least 4 members (excludes halogenated alkanes) is 4. The summed E-state index contributed by atoms with van der Waals surface area (Å²) in [5.41, 5.74) is 0.568. The molecule has 1 unspecified atom stereocenters. The van der Waals surface area contributed by atoms with Gasteiger partial charge in [0.05, 0.1) is 6.10 Å². The van der Waals surface area contributed by atoms with Crippen molar-refractivity contribution in [3.05, 3.63) is 11.6 Å². The summed E-state index contributed by atoms with van der Waals surface area (Å²) < 4.78 is 0. The van der Waals surface area contributed by atoms with Crippen LogP contribution < -0.4 is 0 Å². The van der Waals surface area contributed by atoms with E-state index in [0.29, 0.717) is 12.0 Å². The predicted molar refractivity (Wildman–Crippen MR) is 76.5 cm³/mol. The summed E-state index contributed by atoms with van der Waals surface area (Å²) in [7, 11) is 3.46. The number of hydrogen-bond acceptors (Lipinski definition) is 2. The second-order valence-corrected chi connectivity index (χ2v) is 5.01. The van der Waals surface area contributed by atoms with Gasteiger partial charge in [0.25, 0.3) is 5.91 Å². The van der Waals surface area contributed by atoms with Crippen LogP contribution in [-0.4, -0.2) is 36.1 Å². The molecule has 0 aromatic carbocycles. The molecule has 0 fully saturated rings. The van der Waals surface area contributed by atoms with Gasteiger partial charge in [0.15, 0.2) is 0 Å². The van der Waals surface area contributed by atoms with Crippen molar-refractivity contribution in [3.8, 4) is 0 Å². The number of rotatable bonds is 9. The van der Waals surface area contributed by atoms with E-state index in [2.05, 4.69) is 6.92 Å². The van der Waals surface area contributed by atoms with Gasteiger partial charge in [-0.3, -0.25) is 4.79 Å². The number of likely N-dealkylation sites (N-methyl/N-ethyl adjacent to an activating group) is 1. The van der Waals surface area contributed by atoms with Gasteiger partial charge in [-0.25, -0.2) is 0 Å². The minimum Gasteiger partial charge on any atom is -0.388 e. The van der Waals surface area contributed by atoms with Crippen LogP contribution in [0.4, 0.5) is 0 Å². The first kappa shape index (κ1) is 17.2. The number of amides is 1. The quantitative estimate of drug-likeness (QED) is 0.508. The van der Waals surface area contributed by atoms with Gasteiger partial charge >= 0.3 is 0 Å². The van der Waals surface area contributed by atoms with Crippen molar-refractivity contribution in [1.82, 2.24) is 4.90 Å². The molecule has 0 heterocycles. The van der Waals surface area contributed by atoms with Crippen molar-refractivity contribution in [3.63, 3.8) is 0 Å². The highest BCUT2D eigenvalue weighted by Gasteiger charge is 2.18. The zero-order valence-corrected chi connectivity index (χ0v) is 12.4. The first-order valence-electron chi connectivity index (χ1n) is 7.14. The molecule has 0 rings (SSSR count). The molecular formula is C15H29NO2. The minimum atomic E-state index is -0.615. The summed E-state index contributed by atoms with van der Waals surface area (Å²) in [5, 5.41) is 10.0. The molecule has 3 nitrogen and oxygen atoms in total. The van der Waals surface area contributed by atoms with Crippen LogP contribution in [0.1, 0.15) is 58.8 Å². The van der Waals surface area contributed by atoms with Crippen LogP contribution >= 0.6 is 0 Å². The Labute approximate surface area is 112 Å². The van der Waals surface area contributed by atoms with E-state index in [1.165, 1.54) is 24.2 Å². The van der Waals surface area contributed by atoms with Gasteiger partial charge in [-0.2, -0.15) is 0 Å². The summed E-state index contributed by atoms with van der Waals surface area (Å²) in [5.74, 6) is -0.0635. The molecule has 1 atom stereocenters. The molecule has 18 heavy (non-hydrogen) atoms. The average Bonchev–Trinajstić information content (AvgIpc) is 2.33. The summed E-state index contributed by atoms with van der Waals surface area (Å²) in [6, 6.07) is 0. The highest BCUT2D eigenvalue weighted by Crippen LogP contribution is 2.14. The van der Waals surface area contributed by atoms with Crippen molar-refractivity contribution in [1.29, 1.82) is 0 Å². The molecule has 0 radical (unpaired) electrons. The minimum absolute atomic E-state index is 0.0635.